The number of hydrogen-bond acceptors (Lipinski definition) is 7. The first-order valence-corrected chi connectivity index (χ1v) is 10.4. The van der Waals surface area contributed by atoms with Crippen LogP contribution in [0.25, 0.3) is 0 Å². The first-order valence-electron chi connectivity index (χ1n) is 10.4. The zero-order valence-electron chi connectivity index (χ0n) is 18.7. The molecule has 0 unspecified atom stereocenters. The Morgan fingerprint density at radius 2 is 1.69 bits per heavy atom. The molecular formula is C23H25N5O4. The van der Waals surface area contributed by atoms with Gasteiger partial charge in [0, 0.05) is 18.7 Å². The van der Waals surface area contributed by atoms with Crippen molar-refractivity contribution in [1.82, 2.24) is 9.47 Å². The van der Waals surface area contributed by atoms with Crippen molar-refractivity contribution < 1.29 is 14.7 Å². The van der Waals surface area contributed by atoms with Crippen LogP contribution >= 0.6 is 0 Å². The van der Waals surface area contributed by atoms with Crippen LogP contribution < -0.4 is 5.56 Å². The summed E-state index contributed by atoms with van der Waals surface area (Å²) in [5, 5.41) is 28.4. The number of benzene rings is 1. The molecule has 0 radical (unpaired) electrons. The van der Waals surface area contributed by atoms with Gasteiger partial charge < -0.3 is 5.11 Å². The average Bonchev–Trinajstić information content (AvgIpc) is 2.96. The fourth-order valence-electron chi connectivity index (χ4n) is 3.63. The Balaban J connectivity index is 2.12. The highest BCUT2D eigenvalue weighted by atomic mass is 16.3. The fourth-order valence-corrected chi connectivity index (χ4v) is 3.63. The summed E-state index contributed by atoms with van der Waals surface area (Å²) in [7, 11) is 0. The van der Waals surface area contributed by atoms with Crippen molar-refractivity contribution in [1.29, 1.82) is 5.26 Å². The highest BCUT2D eigenvalue weighted by Crippen LogP contribution is 2.36. The molecule has 1 aromatic carbocycles. The molecule has 0 aliphatic carbocycles. The monoisotopic (exact) mass is 435 g/mol. The second-order valence-corrected chi connectivity index (χ2v) is 8.61. The third-order valence-electron chi connectivity index (χ3n) is 5.10. The Bertz CT molecular complexity index is 1230. The van der Waals surface area contributed by atoms with Crippen molar-refractivity contribution in [3.8, 4) is 11.9 Å². The molecule has 0 saturated heterocycles. The smallest absolute Gasteiger partial charge is 0.271 e. The lowest BCUT2D eigenvalue weighted by atomic mass is 10.1. The lowest BCUT2D eigenvalue weighted by Crippen LogP contribution is -2.33. The third kappa shape index (κ3) is 3.91. The van der Waals surface area contributed by atoms with Gasteiger partial charge in [-0.05, 0) is 30.9 Å². The van der Waals surface area contributed by atoms with Crippen LogP contribution in [-0.4, -0.2) is 32.9 Å². The first kappa shape index (κ1) is 22.9. The lowest BCUT2D eigenvalue weighted by Gasteiger charge is -2.16. The normalized spacial score (nSPS) is 13.5. The Kier molecular flexibility index (Phi) is 6.25. The molecule has 0 atom stereocenters. The van der Waals surface area contributed by atoms with Gasteiger partial charge in [-0.1, -0.05) is 33.8 Å². The van der Waals surface area contributed by atoms with Crippen molar-refractivity contribution >= 4 is 23.2 Å². The Labute approximate surface area is 185 Å². The summed E-state index contributed by atoms with van der Waals surface area (Å²) in [6.45, 7) is 9.55. The van der Waals surface area contributed by atoms with Gasteiger partial charge in [-0.3, -0.25) is 23.9 Å². The van der Waals surface area contributed by atoms with Gasteiger partial charge in [0.25, 0.3) is 17.4 Å². The van der Waals surface area contributed by atoms with E-state index in [-0.39, 0.29) is 64.5 Å². The number of nitrogens with zero attached hydrogens (tertiary/aromatic N) is 5. The van der Waals surface area contributed by atoms with Crippen LogP contribution in [0.4, 0.5) is 11.4 Å². The Morgan fingerprint density at radius 1 is 1.03 bits per heavy atom. The minimum Gasteiger partial charge on any atom is -0.493 e. The van der Waals surface area contributed by atoms with E-state index in [1.54, 1.807) is 18.2 Å². The van der Waals surface area contributed by atoms with E-state index < -0.39 is 17.3 Å². The molecule has 3 rings (SSSR count). The molecule has 0 bridgehead atoms. The van der Waals surface area contributed by atoms with Crippen LogP contribution in [0.15, 0.2) is 33.2 Å². The van der Waals surface area contributed by atoms with Gasteiger partial charge in [0.05, 0.1) is 16.8 Å². The van der Waals surface area contributed by atoms with Crippen LogP contribution in [0.2, 0.25) is 0 Å². The Morgan fingerprint density at radius 3 is 2.28 bits per heavy atom. The number of hydrogen-bond donors (Lipinski definition) is 1. The molecule has 0 spiro atoms. The summed E-state index contributed by atoms with van der Waals surface area (Å²) >= 11 is 0. The maximum Gasteiger partial charge on any atom is 0.271 e. The summed E-state index contributed by atoms with van der Waals surface area (Å²) in [5.41, 5.74) is -0.00657. The molecule has 9 nitrogen and oxygen atoms in total. The van der Waals surface area contributed by atoms with E-state index in [4.69, 9.17) is 0 Å². The molecule has 32 heavy (non-hydrogen) atoms. The van der Waals surface area contributed by atoms with Gasteiger partial charge in [0.15, 0.2) is 5.69 Å². The van der Waals surface area contributed by atoms with Crippen LogP contribution in [0, 0.1) is 30.1 Å². The zero-order chi connectivity index (χ0) is 23.7. The molecule has 0 fully saturated rings. The highest BCUT2D eigenvalue weighted by molar-refractivity contribution is 6.23. The maximum atomic E-state index is 12.9. The number of pyridine rings is 1. The Hall–Kier alpha value is -3.80. The van der Waals surface area contributed by atoms with Crippen molar-refractivity contribution in [2.45, 2.75) is 41.2 Å². The average molecular weight is 435 g/mol. The van der Waals surface area contributed by atoms with Crippen molar-refractivity contribution in [3.05, 3.63) is 50.8 Å². The van der Waals surface area contributed by atoms with Crippen LogP contribution in [0.5, 0.6) is 5.88 Å². The van der Waals surface area contributed by atoms with Gasteiger partial charge in [-0.15, -0.1) is 10.2 Å². The number of rotatable bonds is 6. The van der Waals surface area contributed by atoms with Gasteiger partial charge in [0.1, 0.15) is 11.6 Å². The van der Waals surface area contributed by atoms with Crippen molar-refractivity contribution in [2.24, 2.45) is 22.1 Å². The van der Waals surface area contributed by atoms with Crippen molar-refractivity contribution in [3.63, 3.8) is 0 Å². The number of aromatic hydroxyl groups is 1. The molecule has 2 amide bonds. The summed E-state index contributed by atoms with van der Waals surface area (Å²) in [6, 6.07) is 6.58. The molecule has 1 aromatic heterocycles. The van der Waals surface area contributed by atoms with Gasteiger partial charge in [-0.25, -0.2) is 0 Å². The van der Waals surface area contributed by atoms with E-state index in [0.29, 0.717) is 0 Å². The van der Waals surface area contributed by atoms with E-state index in [2.05, 4.69) is 10.2 Å². The van der Waals surface area contributed by atoms with Gasteiger partial charge >= 0.3 is 0 Å². The number of aromatic nitrogens is 1. The summed E-state index contributed by atoms with van der Waals surface area (Å²) in [6.07, 6.45) is 0. The number of azo groups is 1. The summed E-state index contributed by atoms with van der Waals surface area (Å²) in [5.74, 6) is -1.09. The van der Waals surface area contributed by atoms with Gasteiger partial charge in [-0.2, -0.15) is 5.26 Å². The third-order valence-corrected chi connectivity index (χ3v) is 5.10. The lowest BCUT2D eigenvalue weighted by molar-refractivity contribution is 0.0636. The van der Waals surface area contributed by atoms with Crippen LogP contribution in [-0.2, 0) is 6.54 Å². The van der Waals surface area contributed by atoms with E-state index in [0.717, 1.165) is 4.57 Å². The minimum atomic E-state index is -0.596. The topological polar surface area (TPSA) is 128 Å². The van der Waals surface area contributed by atoms with E-state index in [1.165, 1.54) is 11.8 Å². The standard InChI is InChI=1S/C23H25N5O4/c1-12(2)10-27-20(29)15-7-6-8-17(18(15)22(27)31)25-26-19-14(5)16(9-24)21(30)28(23(19)32)11-13(3)4/h6-8,12-13,32H,10-11H2,1-5H3. The second-order valence-electron chi connectivity index (χ2n) is 8.61. The minimum absolute atomic E-state index is 0.0322. The second kappa shape index (κ2) is 8.75. The molecule has 1 N–H and O–H groups in total. The quantitative estimate of drug-likeness (QED) is 0.540. The molecule has 166 valence electrons. The maximum absolute atomic E-state index is 12.9. The number of carbonyl (C=O) groups is 2. The van der Waals surface area contributed by atoms with Crippen molar-refractivity contribution in [2.75, 3.05) is 6.54 Å². The molecule has 0 saturated carbocycles. The molecule has 2 heterocycles. The summed E-state index contributed by atoms with van der Waals surface area (Å²) < 4.78 is 1.10. The highest BCUT2D eigenvalue weighted by Gasteiger charge is 2.37. The van der Waals surface area contributed by atoms with Gasteiger partial charge in [0.2, 0.25) is 5.88 Å². The largest absolute Gasteiger partial charge is 0.493 e. The summed E-state index contributed by atoms with van der Waals surface area (Å²) in [4.78, 5) is 39.3. The first-order chi connectivity index (χ1) is 15.1. The molecule has 1 aliphatic rings. The van der Waals surface area contributed by atoms with E-state index >= 15 is 0 Å². The van der Waals surface area contributed by atoms with E-state index in [1.807, 2.05) is 33.8 Å². The number of carbonyl (C=O) groups excluding carboxylic acids is 2. The number of amides is 2. The molecule has 1 aliphatic heterocycles. The number of nitriles is 1. The zero-order valence-corrected chi connectivity index (χ0v) is 18.7. The number of imide groups is 1. The van der Waals surface area contributed by atoms with Crippen LogP contribution in [0.3, 0.4) is 0 Å². The van der Waals surface area contributed by atoms with Crippen LogP contribution in [0.1, 0.15) is 59.5 Å². The predicted molar refractivity (Wildman–Crippen MR) is 117 cm³/mol. The fraction of sp³-hybridized carbons (Fsp3) is 0.391. The van der Waals surface area contributed by atoms with E-state index in [9.17, 15) is 24.8 Å². The number of fused-ring (bicyclic) bond motifs is 1. The SMILES string of the molecule is Cc1c(N=Nc2cccc3c2C(=O)N(CC(C)C)C3=O)c(O)n(CC(C)C)c(=O)c1C#N. The molecular weight excluding hydrogens is 410 g/mol. The molecule has 2 aromatic rings. The molecule has 9 heteroatoms. The predicted octanol–water partition coefficient (Wildman–Crippen LogP) is 4.06.